The van der Waals surface area contributed by atoms with Crippen molar-refractivity contribution >= 4 is 23.8 Å². The minimum atomic E-state index is 0. The molecule has 0 aromatic heterocycles. The highest BCUT2D eigenvalue weighted by molar-refractivity contribution is 5.85. The van der Waals surface area contributed by atoms with Crippen molar-refractivity contribution in [3.05, 3.63) is 23.8 Å². The van der Waals surface area contributed by atoms with Gasteiger partial charge in [-0.25, -0.2) is 0 Å². The molecule has 2 saturated carbocycles. The molecule has 2 saturated heterocycles. The third-order valence-electron chi connectivity index (χ3n) is 8.17. The second-order valence-corrected chi connectivity index (χ2v) is 10.8. The van der Waals surface area contributed by atoms with Crippen molar-refractivity contribution in [3.8, 4) is 0 Å². The molecule has 0 atom stereocenters. The van der Waals surface area contributed by atoms with Crippen LogP contribution in [0.2, 0.25) is 0 Å². The summed E-state index contributed by atoms with van der Waals surface area (Å²) < 4.78 is 5.60. The molecule has 4 fully saturated rings. The fourth-order valence-corrected chi connectivity index (χ4v) is 6.08. The average molecular weight is 448 g/mol. The highest BCUT2D eigenvalue weighted by Gasteiger charge is 2.45. The number of benzene rings is 1. The van der Waals surface area contributed by atoms with Crippen molar-refractivity contribution in [1.82, 2.24) is 4.90 Å². The maximum absolute atomic E-state index is 5.60. The van der Waals surface area contributed by atoms with E-state index in [1.807, 2.05) is 0 Å². The first-order valence-corrected chi connectivity index (χ1v) is 12.6. The number of anilines is 2. The van der Waals surface area contributed by atoms with Crippen LogP contribution in [-0.2, 0) is 4.74 Å². The van der Waals surface area contributed by atoms with Crippen molar-refractivity contribution in [2.24, 2.45) is 11.3 Å². The zero-order valence-electron chi connectivity index (χ0n) is 19.7. The van der Waals surface area contributed by atoms with Gasteiger partial charge in [-0.15, -0.1) is 12.4 Å². The molecule has 5 rings (SSSR count). The van der Waals surface area contributed by atoms with Crippen LogP contribution in [0.25, 0.3) is 0 Å². The van der Waals surface area contributed by atoms with E-state index < -0.39 is 0 Å². The summed E-state index contributed by atoms with van der Waals surface area (Å²) in [5, 5.41) is 0. The summed E-state index contributed by atoms with van der Waals surface area (Å²) in [6.07, 6.45) is 8.71. The van der Waals surface area contributed by atoms with Gasteiger partial charge < -0.3 is 14.5 Å². The molecule has 2 aliphatic heterocycles. The lowest BCUT2D eigenvalue weighted by Crippen LogP contribution is -2.47. The second kappa shape index (κ2) is 9.89. The van der Waals surface area contributed by atoms with E-state index in [4.69, 9.17) is 4.74 Å². The molecule has 1 spiro atoms. The van der Waals surface area contributed by atoms with Gasteiger partial charge in [-0.2, -0.15) is 0 Å². The molecule has 1 aromatic carbocycles. The van der Waals surface area contributed by atoms with Crippen molar-refractivity contribution < 1.29 is 4.74 Å². The van der Waals surface area contributed by atoms with Crippen LogP contribution in [0.15, 0.2) is 18.2 Å². The molecule has 5 heteroatoms. The van der Waals surface area contributed by atoms with E-state index in [9.17, 15) is 0 Å². The number of ether oxygens (including phenoxy) is 1. The number of piperazine rings is 1. The van der Waals surface area contributed by atoms with Crippen LogP contribution < -0.4 is 9.80 Å². The lowest BCUT2D eigenvalue weighted by Gasteiger charge is -2.40. The maximum atomic E-state index is 5.60. The maximum Gasteiger partial charge on any atom is 0.0642 e. The van der Waals surface area contributed by atoms with Crippen LogP contribution in [0.4, 0.5) is 11.4 Å². The van der Waals surface area contributed by atoms with Gasteiger partial charge in [-0.05, 0) is 79.5 Å². The van der Waals surface area contributed by atoms with Crippen molar-refractivity contribution in [1.29, 1.82) is 0 Å². The Morgan fingerprint density at radius 1 is 0.903 bits per heavy atom. The molecule has 2 aliphatic carbocycles. The molecule has 0 unspecified atom stereocenters. The fraction of sp³-hybridized carbons (Fsp3) is 0.769. The molecule has 4 aliphatic rings. The summed E-state index contributed by atoms with van der Waals surface area (Å²) in [6, 6.07) is 7.41. The molecule has 0 radical (unpaired) electrons. The van der Waals surface area contributed by atoms with Gasteiger partial charge in [0, 0.05) is 57.2 Å². The van der Waals surface area contributed by atoms with Crippen LogP contribution in [0, 0.1) is 11.3 Å². The number of nitrogens with zero attached hydrogens (tertiary/aromatic N) is 3. The predicted octanol–water partition coefficient (Wildman–Crippen LogP) is 5.16. The Morgan fingerprint density at radius 2 is 1.58 bits per heavy atom. The Hall–Kier alpha value is -0.970. The molecular weight excluding hydrogens is 406 g/mol. The monoisotopic (exact) mass is 447 g/mol. The fourth-order valence-electron chi connectivity index (χ4n) is 6.08. The van der Waals surface area contributed by atoms with Crippen molar-refractivity contribution in [2.45, 2.75) is 58.3 Å². The van der Waals surface area contributed by atoms with E-state index in [-0.39, 0.29) is 12.4 Å². The standard InChI is InChI=1S/C26H41N3O.ClH/c1-21(2)20-27-11-13-29(14-12-27)25-4-3-23(28-15-17-30-18-16-28)19-24(25)22-5-7-26(8-6-22)9-10-26;/h3-4,19,21-22H,5-18,20H2,1-2H3;1H. The van der Waals surface area contributed by atoms with Crippen molar-refractivity contribution in [2.75, 3.05) is 68.8 Å². The molecule has 4 nitrogen and oxygen atoms in total. The van der Waals surface area contributed by atoms with Crippen LogP contribution in [0.3, 0.4) is 0 Å². The smallest absolute Gasteiger partial charge is 0.0642 e. The largest absolute Gasteiger partial charge is 0.378 e. The van der Waals surface area contributed by atoms with Crippen LogP contribution in [0.1, 0.15) is 63.9 Å². The van der Waals surface area contributed by atoms with E-state index in [0.717, 1.165) is 43.6 Å². The minimum Gasteiger partial charge on any atom is -0.378 e. The summed E-state index contributed by atoms with van der Waals surface area (Å²) >= 11 is 0. The lowest BCUT2D eigenvalue weighted by molar-refractivity contribution is 0.122. The third kappa shape index (κ3) is 5.34. The van der Waals surface area contributed by atoms with Gasteiger partial charge in [-0.3, -0.25) is 4.90 Å². The quantitative estimate of drug-likeness (QED) is 0.620. The second-order valence-electron chi connectivity index (χ2n) is 10.8. The Labute approximate surface area is 195 Å². The average Bonchev–Trinajstić information content (AvgIpc) is 3.53. The highest BCUT2D eigenvalue weighted by atomic mass is 35.5. The minimum absolute atomic E-state index is 0. The summed E-state index contributed by atoms with van der Waals surface area (Å²) in [7, 11) is 0. The first-order valence-electron chi connectivity index (χ1n) is 12.6. The van der Waals surface area contributed by atoms with Gasteiger partial charge >= 0.3 is 0 Å². The van der Waals surface area contributed by atoms with E-state index >= 15 is 0 Å². The topological polar surface area (TPSA) is 19.0 Å². The third-order valence-corrected chi connectivity index (χ3v) is 8.17. The summed E-state index contributed by atoms with van der Waals surface area (Å²) in [6.45, 7) is 14.5. The first kappa shape index (κ1) is 23.2. The Balaban J connectivity index is 0.00000231. The molecule has 174 valence electrons. The SMILES string of the molecule is CC(C)CN1CCN(c2ccc(N3CCOCC3)cc2C2CCC3(CC2)CC3)CC1.Cl. The molecule has 0 N–H and O–H groups in total. The number of morpholine rings is 1. The Bertz CT molecular complexity index is 711. The predicted molar refractivity (Wildman–Crippen MR) is 133 cm³/mol. The van der Waals surface area contributed by atoms with Gasteiger partial charge in [-0.1, -0.05) is 13.8 Å². The van der Waals surface area contributed by atoms with Crippen LogP contribution >= 0.6 is 12.4 Å². The van der Waals surface area contributed by atoms with E-state index in [1.165, 1.54) is 82.6 Å². The Kier molecular flexibility index (Phi) is 7.40. The lowest BCUT2D eigenvalue weighted by atomic mass is 9.76. The van der Waals surface area contributed by atoms with Crippen LogP contribution in [0.5, 0.6) is 0 Å². The van der Waals surface area contributed by atoms with E-state index in [2.05, 4.69) is 46.7 Å². The normalized spacial score (nSPS) is 24.5. The number of rotatable bonds is 5. The number of hydrogen-bond acceptors (Lipinski definition) is 4. The first-order chi connectivity index (χ1) is 14.6. The van der Waals surface area contributed by atoms with Gasteiger partial charge in [0.2, 0.25) is 0 Å². The molecule has 0 amide bonds. The van der Waals surface area contributed by atoms with E-state index in [0.29, 0.717) is 0 Å². The van der Waals surface area contributed by atoms with Gasteiger partial charge in [0.15, 0.2) is 0 Å². The zero-order valence-corrected chi connectivity index (χ0v) is 20.5. The van der Waals surface area contributed by atoms with Gasteiger partial charge in [0.05, 0.1) is 13.2 Å². The highest BCUT2D eigenvalue weighted by Crippen LogP contribution is 2.59. The number of hydrogen-bond donors (Lipinski definition) is 0. The number of halogens is 1. The summed E-state index contributed by atoms with van der Waals surface area (Å²) in [5.41, 5.74) is 5.36. The molecule has 2 heterocycles. The van der Waals surface area contributed by atoms with Crippen LogP contribution in [-0.4, -0.2) is 63.9 Å². The molecular formula is C26H42ClN3O. The zero-order chi connectivity index (χ0) is 20.6. The molecule has 1 aromatic rings. The van der Waals surface area contributed by atoms with Gasteiger partial charge in [0.25, 0.3) is 0 Å². The molecule has 31 heavy (non-hydrogen) atoms. The molecule has 0 bridgehead atoms. The van der Waals surface area contributed by atoms with Crippen molar-refractivity contribution in [3.63, 3.8) is 0 Å². The summed E-state index contributed by atoms with van der Waals surface area (Å²) in [5.74, 6) is 1.51. The summed E-state index contributed by atoms with van der Waals surface area (Å²) in [4.78, 5) is 7.87. The van der Waals surface area contributed by atoms with Gasteiger partial charge in [0.1, 0.15) is 0 Å². The Morgan fingerprint density at radius 3 is 2.19 bits per heavy atom. The van der Waals surface area contributed by atoms with E-state index in [1.54, 1.807) is 5.56 Å².